The number of hydrogen-bond acceptors (Lipinski definition) is 6. The fraction of sp³-hybridized carbons (Fsp3) is 0.429. The quantitative estimate of drug-likeness (QED) is 0.844. The maximum absolute atomic E-state index is 11.6. The van der Waals surface area contributed by atoms with E-state index in [0.717, 1.165) is 31.1 Å². The van der Waals surface area contributed by atoms with Gasteiger partial charge in [0.05, 0.1) is 10.6 Å². The highest BCUT2D eigenvalue weighted by molar-refractivity contribution is 8.18. The van der Waals surface area contributed by atoms with Gasteiger partial charge >= 0.3 is 0 Å². The maximum Gasteiger partial charge on any atom is 0.290 e. The van der Waals surface area contributed by atoms with E-state index in [1.807, 2.05) is 0 Å². The fourth-order valence-electron chi connectivity index (χ4n) is 2.53. The molecule has 2 amide bonds. The van der Waals surface area contributed by atoms with E-state index in [4.69, 9.17) is 0 Å². The number of anilines is 1. The van der Waals surface area contributed by atoms with Gasteiger partial charge in [0, 0.05) is 18.8 Å². The first-order valence-corrected chi connectivity index (χ1v) is 7.80. The van der Waals surface area contributed by atoms with Gasteiger partial charge in [0.15, 0.2) is 0 Å². The van der Waals surface area contributed by atoms with Crippen LogP contribution in [0.1, 0.15) is 31.9 Å². The summed E-state index contributed by atoms with van der Waals surface area (Å²) in [6.45, 7) is 3.13. The zero-order chi connectivity index (χ0) is 14.8. The number of nitrogens with one attached hydrogen (secondary N) is 1. The SMILES string of the molecule is CC1CCCCN1c1nccc(/C=C2/SC(=O)NC2=O)n1. The van der Waals surface area contributed by atoms with E-state index in [0.29, 0.717) is 22.6 Å². The predicted molar refractivity (Wildman–Crippen MR) is 81.8 cm³/mol. The molecule has 6 nitrogen and oxygen atoms in total. The molecule has 1 unspecified atom stereocenters. The van der Waals surface area contributed by atoms with Crippen molar-refractivity contribution in [2.45, 2.75) is 32.2 Å². The molecule has 3 rings (SSSR count). The second-order valence-corrected chi connectivity index (χ2v) is 6.19. The van der Waals surface area contributed by atoms with Crippen LogP contribution in [-0.4, -0.2) is 33.7 Å². The van der Waals surface area contributed by atoms with Crippen molar-refractivity contribution < 1.29 is 9.59 Å². The molecule has 1 aromatic rings. The molecule has 1 aromatic heterocycles. The number of nitrogens with zero attached hydrogens (tertiary/aromatic N) is 3. The number of aromatic nitrogens is 2. The summed E-state index contributed by atoms with van der Waals surface area (Å²) in [7, 11) is 0. The lowest BCUT2D eigenvalue weighted by Gasteiger charge is -2.33. The van der Waals surface area contributed by atoms with Crippen molar-refractivity contribution in [3.05, 3.63) is 22.9 Å². The normalized spacial score (nSPS) is 24.5. The standard InChI is InChI=1S/C14H16N4O2S/c1-9-4-2-3-7-18(9)13-15-6-5-10(16-13)8-11-12(19)17-14(20)21-11/h5-6,8-9H,2-4,7H2,1H3,(H,17,19,20)/b11-8+. The third-order valence-corrected chi connectivity index (χ3v) is 4.46. The Morgan fingerprint density at radius 1 is 1.43 bits per heavy atom. The molecule has 1 N–H and O–H groups in total. The Balaban J connectivity index is 1.85. The Morgan fingerprint density at radius 3 is 3.00 bits per heavy atom. The molecule has 0 saturated carbocycles. The van der Waals surface area contributed by atoms with Gasteiger partial charge in [0.25, 0.3) is 11.1 Å². The topological polar surface area (TPSA) is 75.2 Å². The maximum atomic E-state index is 11.6. The zero-order valence-corrected chi connectivity index (χ0v) is 12.5. The lowest BCUT2D eigenvalue weighted by molar-refractivity contribution is -0.115. The van der Waals surface area contributed by atoms with E-state index >= 15 is 0 Å². The van der Waals surface area contributed by atoms with Crippen LogP contribution in [0, 0.1) is 0 Å². The van der Waals surface area contributed by atoms with E-state index in [1.54, 1.807) is 18.3 Å². The minimum absolute atomic E-state index is 0.342. The Labute approximate surface area is 127 Å². The molecule has 0 aliphatic carbocycles. The van der Waals surface area contributed by atoms with Gasteiger partial charge in [-0.15, -0.1) is 0 Å². The molecule has 0 aromatic carbocycles. The van der Waals surface area contributed by atoms with Crippen molar-refractivity contribution in [3.63, 3.8) is 0 Å². The average molecular weight is 304 g/mol. The Bertz CT molecular complexity index is 617. The second kappa shape index (κ2) is 5.85. The molecular formula is C14H16N4O2S. The molecule has 2 aliphatic heterocycles. The van der Waals surface area contributed by atoms with Gasteiger partial charge in [0.2, 0.25) is 5.95 Å². The summed E-state index contributed by atoms with van der Waals surface area (Å²) in [5, 5.41) is 1.89. The summed E-state index contributed by atoms with van der Waals surface area (Å²) in [5.41, 5.74) is 0.644. The lowest BCUT2D eigenvalue weighted by atomic mass is 10.0. The Hall–Kier alpha value is -1.89. The van der Waals surface area contributed by atoms with E-state index < -0.39 is 0 Å². The fourth-order valence-corrected chi connectivity index (χ4v) is 3.20. The third kappa shape index (κ3) is 3.07. The number of amides is 2. The van der Waals surface area contributed by atoms with Crippen LogP contribution in [0.5, 0.6) is 0 Å². The number of imide groups is 1. The minimum Gasteiger partial charge on any atom is -0.338 e. The summed E-state index contributed by atoms with van der Waals surface area (Å²) in [6, 6.07) is 2.16. The summed E-state index contributed by atoms with van der Waals surface area (Å²) in [5.74, 6) is 0.322. The predicted octanol–water partition coefficient (Wildman–Crippen LogP) is 2.18. The van der Waals surface area contributed by atoms with Crippen molar-refractivity contribution in [1.82, 2.24) is 15.3 Å². The summed E-state index contributed by atoms with van der Waals surface area (Å²) >= 11 is 0.898. The molecule has 21 heavy (non-hydrogen) atoms. The number of carbonyl (C=O) groups is 2. The van der Waals surface area contributed by atoms with E-state index in [1.165, 1.54) is 6.42 Å². The zero-order valence-electron chi connectivity index (χ0n) is 11.7. The number of carbonyl (C=O) groups excluding carboxylic acids is 2. The average Bonchev–Trinajstić information content (AvgIpc) is 2.78. The highest BCUT2D eigenvalue weighted by Crippen LogP contribution is 2.26. The molecule has 0 radical (unpaired) electrons. The summed E-state index contributed by atoms with van der Waals surface area (Å²) < 4.78 is 0. The van der Waals surface area contributed by atoms with Gasteiger partial charge in [-0.25, -0.2) is 9.97 Å². The van der Waals surface area contributed by atoms with E-state index in [9.17, 15) is 9.59 Å². The third-order valence-electron chi connectivity index (χ3n) is 3.65. The molecule has 7 heteroatoms. The first kappa shape index (κ1) is 14.1. The van der Waals surface area contributed by atoms with Crippen molar-refractivity contribution in [1.29, 1.82) is 0 Å². The molecule has 110 valence electrons. The molecule has 1 atom stereocenters. The van der Waals surface area contributed by atoms with E-state index in [2.05, 4.69) is 27.1 Å². The Kier molecular flexibility index (Phi) is 3.92. The molecule has 2 fully saturated rings. The van der Waals surface area contributed by atoms with Crippen LogP contribution in [0.15, 0.2) is 17.2 Å². The summed E-state index contributed by atoms with van der Waals surface area (Å²) in [4.78, 5) is 34.1. The molecule has 2 saturated heterocycles. The van der Waals surface area contributed by atoms with Crippen molar-refractivity contribution >= 4 is 34.9 Å². The smallest absolute Gasteiger partial charge is 0.290 e. The number of rotatable bonds is 2. The first-order chi connectivity index (χ1) is 10.1. The van der Waals surface area contributed by atoms with Gasteiger partial charge in [-0.1, -0.05) is 0 Å². The highest BCUT2D eigenvalue weighted by atomic mass is 32.2. The number of hydrogen-bond donors (Lipinski definition) is 1. The van der Waals surface area contributed by atoms with Gasteiger partial charge < -0.3 is 4.90 Å². The van der Waals surface area contributed by atoms with Crippen LogP contribution in [0.3, 0.4) is 0 Å². The van der Waals surface area contributed by atoms with Gasteiger partial charge in [-0.2, -0.15) is 0 Å². The van der Waals surface area contributed by atoms with E-state index in [-0.39, 0.29) is 11.1 Å². The Morgan fingerprint density at radius 2 is 2.29 bits per heavy atom. The van der Waals surface area contributed by atoms with Crippen LogP contribution < -0.4 is 10.2 Å². The van der Waals surface area contributed by atoms with Crippen LogP contribution in [-0.2, 0) is 4.79 Å². The number of piperidine rings is 1. The highest BCUT2D eigenvalue weighted by Gasteiger charge is 2.25. The van der Waals surface area contributed by atoms with Crippen LogP contribution in [0.25, 0.3) is 6.08 Å². The van der Waals surface area contributed by atoms with Crippen LogP contribution in [0.2, 0.25) is 0 Å². The molecule has 0 bridgehead atoms. The van der Waals surface area contributed by atoms with Crippen molar-refractivity contribution in [3.8, 4) is 0 Å². The van der Waals surface area contributed by atoms with Crippen LogP contribution in [0.4, 0.5) is 10.7 Å². The van der Waals surface area contributed by atoms with Gasteiger partial charge in [-0.05, 0) is 50.1 Å². The largest absolute Gasteiger partial charge is 0.338 e. The molecule has 0 spiro atoms. The minimum atomic E-state index is -0.364. The number of thioether (sulfide) groups is 1. The summed E-state index contributed by atoms with van der Waals surface area (Å²) in [6.07, 6.45) is 6.84. The van der Waals surface area contributed by atoms with Gasteiger partial charge in [0.1, 0.15) is 0 Å². The lowest BCUT2D eigenvalue weighted by Crippen LogP contribution is -2.38. The molecule has 2 aliphatic rings. The monoisotopic (exact) mass is 304 g/mol. The van der Waals surface area contributed by atoms with Gasteiger partial charge in [-0.3, -0.25) is 14.9 Å². The van der Waals surface area contributed by atoms with Crippen molar-refractivity contribution in [2.75, 3.05) is 11.4 Å². The molecular weight excluding hydrogens is 288 g/mol. The van der Waals surface area contributed by atoms with Crippen LogP contribution >= 0.6 is 11.8 Å². The van der Waals surface area contributed by atoms with Crippen molar-refractivity contribution in [2.24, 2.45) is 0 Å². The second-order valence-electron chi connectivity index (χ2n) is 5.17. The molecule has 3 heterocycles. The first-order valence-electron chi connectivity index (χ1n) is 6.98.